The normalized spacial score (nSPS) is 9.90. The Morgan fingerprint density at radius 1 is 1.43 bits per heavy atom. The molecule has 0 saturated carbocycles. The molecule has 106 valence electrons. The molecule has 0 aliphatic heterocycles. The van der Waals surface area contributed by atoms with E-state index in [4.69, 9.17) is 10.00 Å². The lowest BCUT2D eigenvalue weighted by atomic mass is 10.2. The Morgan fingerprint density at radius 3 is 2.76 bits per heavy atom. The zero-order valence-electron chi connectivity index (χ0n) is 11.1. The number of pyridine rings is 1. The molecular formula is C14H11N3O4. The molecule has 0 saturated heterocycles. The third-order valence-electron chi connectivity index (χ3n) is 2.94. The molecule has 0 amide bonds. The molecule has 0 unspecified atom stereocenters. The van der Waals surface area contributed by atoms with Gasteiger partial charge in [0.2, 0.25) is 0 Å². The molecule has 0 spiro atoms. The SMILES string of the molecule is COc1ccccc1Cn1cc([N+](=O)[O-])cc(C#N)c1=O. The van der Waals surface area contributed by atoms with Gasteiger partial charge in [-0.2, -0.15) is 5.26 Å². The topological polar surface area (TPSA) is 98.2 Å². The highest BCUT2D eigenvalue weighted by Gasteiger charge is 2.14. The van der Waals surface area contributed by atoms with Crippen LogP contribution in [0.15, 0.2) is 41.3 Å². The molecule has 0 N–H and O–H groups in total. The van der Waals surface area contributed by atoms with Crippen molar-refractivity contribution in [3.05, 3.63) is 68.1 Å². The summed E-state index contributed by atoms with van der Waals surface area (Å²) in [6.45, 7) is 0.0825. The summed E-state index contributed by atoms with van der Waals surface area (Å²) in [5, 5.41) is 19.8. The summed E-state index contributed by atoms with van der Waals surface area (Å²) in [5.74, 6) is 0.564. The summed E-state index contributed by atoms with van der Waals surface area (Å²) in [5.41, 5.74) is -0.458. The van der Waals surface area contributed by atoms with Crippen molar-refractivity contribution in [2.24, 2.45) is 0 Å². The van der Waals surface area contributed by atoms with E-state index in [2.05, 4.69) is 0 Å². The third kappa shape index (κ3) is 2.90. The van der Waals surface area contributed by atoms with E-state index >= 15 is 0 Å². The Hall–Kier alpha value is -3.14. The van der Waals surface area contributed by atoms with Crippen LogP contribution in [-0.4, -0.2) is 16.6 Å². The van der Waals surface area contributed by atoms with Gasteiger partial charge in [-0.15, -0.1) is 0 Å². The molecule has 21 heavy (non-hydrogen) atoms. The molecule has 0 radical (unpaired) electrons. The molecule has 2 rings (SSSR count). The predicted octanol–water partition coefficient (Wildman–Crippen LogP) is 1.69. The number of nitro groups is 1. The van der Waals surface area contributed by atoms with Gasteiger partial charge in [0.05, 0.1) is 24.8 Å². The Kier molecular flexibility index (Phi) is 4.00. The van der Waals surface area contributed by atoms with Gasteiger partial charge in [0, 0.05) is 11.6 Å². The Bertz CT molecular complexity index is 790. The highest BCUT2D eigenvalue weighted by atomic mass is 16.6. The molecule has 0 aliphatic carbocycles. The third-order valence-corrected chi connectivity index (χ3v) is 2.94. The zero-order valence-corrected chi connectivity index (χ0v) is 11.1. The van der Waals surface area contributed by atoms with Crippen LogP contribution in [-0.2, 0) is 6.54 Å². The number of rotatable bonds is 4. The van der Waals surface area contributed by atoms with Crippen molar-refractivity contribution in [1.29, 1.82) is 5.26 Å². The predicted molar refractivity (Wildman–Crippen MR) is 74.2 cm³/mol. The van der Waals surface area contributed by atoms with Crippen molar-refractivity contribution >= 4 is 5.69 Å². The number of hydrogen-bond donors (Lipinski definition) is 0. The van der Waals surface area contributed by atoms with Crippen molar-refractivity contribution in [3.63, 3.8) is 0 Å². The zero-order chi connectivity index (χ0) is 15.4. The van der Waals surface area contributed by atoms with E-state index in [1.165, 1.54) is 7.11 Å². The van der Waals surface area contributed by atoms with Crippen molar-refractivity contribution in [1.82, 2.24) is 4.57 Å². The smallest absolute Gasteiger partial charge is 0.287 e. The number of nitrogens with zero attached hydrogens (tertiary/aromatic N) is 3. The summed E-state index contributed by atoms with van der Waals surface area (Å²) in [6.07, 6.45) is 1.12. The second kappa shape index (κ2) is 5.88. The van der Waals surface area contributed by atoms with Crippen molar-refractivity contribution in [2.45, 2.75) is 6.54 Å². The van der Waals surface area contributed by atoms with Gasteiger partial charge in [0.25, 0.3) is 11.2 Å². The van der Waals surface area contributed by atoms with Crippen molar-refractivity contribution < 1.29 is 9.66 Å². The molecule has 1 aromatic heterocycles. The van der Waals surface area contributed by atoms with Crippen LogP contribution in [0.4, 0.5) is 5.69 Å². The minimum atomic E-state index is -0.640. The molecular weight excluding hydrogens is 274 g/mol. The molecule has 1 aromatic carbocycles. The van der Waals surface area contributed by atoms with E-state index < -0.39 is 10.5 Å². The number of para-hydroxylation sites is 1. The number of aromatic nitrogens is 1. The van der Waals surface area contributed by atoms with E-state index in [0.29, 0.717) is 11.3 Å². The van der Waals surface area contributed by atoms with Gasteiger partial charge in [0.15, 0.2) is 0 Å². The Morgan fingerprint density at radius 2 is 2.14 bits per heavy atom. The van der Waals surface area contributed by atoms with Crippen LogP contribution in [0.3, 0.4) is 0 Å². The van der Waals surface area contributed by atoms with Crippen molar-refractivity contribution in [2.75, 3.05) is 7.11 Å². The second-order valence-corrected chi connectivity index (χ2v) is 4.23. The lowest BCUT2D eigenvalue weighted by molar-refractivity contribution is -0.385. The molecule has 0 aliphatic rings. The fourth-order valence-electron chi connectivity index (χ4n) is 1.93. The number of benzene rings is 1. The number of hydrogen-bond acceptors (Lipinski definition) is 5. The van der Waals surface area contributed by atoms with Gasteiger partial charge >= 0.3 is 0 Å². The number of methoxy groups -OCH3 is 1. The number of ether oxygens (including phenoxy) is 1. The van der Waals surface area contributed by atoms with E-state index in [1.54, 1.807) is 30.3 Å². The van der Waals surface area contributed by atoms with Crippen LogP contribution in [0.1, 0.15) is 11.1 Å². The van der Waals surface area contributed by atoms with Gasteiger partial charge in [-0.25, -0.2) is 0 Å². The minimum absolute atomic E-state index is 0.0825. The minimum Gasteiger partial charge on any atom is -0.496 e. The number of nitriles is 1. The summed E-state index contributed by atoms with van der Waals surface area (Å²) in [7, 11) is 1.50. The first-order valence-electron chi connectivity index (χ1n) is 5.97. The van der Waals surface area contributed by atoms with E-state index in [0.717, 1.165) is 16.8 Å². The van der Waals surface area contributed by atoms with Crippen molar-refractivity contribution in [3.8, 4) is 11.8 Å². The lowest BCUT2D eigenvalue weighted by Gasteiger charge is -2.10. The van der Waals surface area contributed by atoms with Gasteiger partial charge < -0.3 is 9.30 Å². The fourth-order valence-corrected chi connectivity index (χ4v) is 1.93. The van der Waals surface area contributed by atoms with Gasteiger partial charge in [-0.1, -0.05) is 18.2 Å². The molecule has 1 heterocycles. The molecule has 0 atom stereocenters. The van der Waals surface area contributed by atoms with Gasteiger partial charge in [-0.3, -0.25) is 14.9 Å². The lowest BCUT2D eigenvalue weighted by Crippen LogP contribution is -2.23. The largest absolute Gasteiger partial charge is 0.496 e. The van der Waals surface area contributed by atoms with E-state index in [1.807, 2.05) is 0 Å². The van der Waals surface area contributed by atoms with E-state index in [-0.39, 0.29) is 17.8 Å². The van der Waals surface area contributed by atoms with Crippen LogP contribution in [0.5, 0.6) is 5.75 Å². The molecule has 0 fully saturated rings. The Labute approximate surface area is 119 Å². The van der Waals surface area contributed by atoms with Crippen LogP contribution < -0.4 is 10.3 Å². The van der Waals surface area contributed by atoms with E-state index in [9.17, 15) is 14.9 Å². The summed E-state index contributed by atoms with van der Waals surface area (Å²) >= 11 is 0. The summed E-state index contributed by atoms with van der Waals surface area (Å²) in [6, 6.07) is 9.67. The highest BCUT2D eigenvalue weighted by molar-refractivity contribution is 5.39. The molecule has 7 heteroatoms. The van der Waals surface area contributed by atoms with Crippen LogP contribution in [0.25, 0.3) is 0 Å². The maximum absolute atomic E-state index is 12.1. The second-order valence-electron chi connectivity index (χ2n) is 4.23. The maximum Gasteiger partial charge on any atom is 0.287 e. The maximum atomic E-state index is 12.1. The fraction of sp³-hybridized carbons (Fsp3) is 0.143. The van der Waals surface area contributed by atoms with Gasteiger partial charge in [0.1, 0.15) is 17.4 Å². The van der Waals surface area contributed by atoms with Crippen LogP contribution in [0.2, 0.25) is 0 Å². The quantitative estimate of drug-likeness (QED) is 0.628. The average Bonchev–Trinajstić information content (AvgIpc) is 2.49. The first-order chi connectivity index (χ1) is 10.1. The first kappa shape index (κ1) is 14.3. The van der Waals surface area contributed by atoms with Crippen LogP contribution >= 0.6 is 0 Å². The first-order valence-corrected chi connectivity index (χ1v) is 5.97. The molecule has 2 aromatic rings. The standard InChI is InChI=1S/C14H11N3O4/c1-21-13-5-3-2-4-10(13)8-16-9-12(17(19)20)6-11(7-15)14(16)18/h2-6,9H,8H2,1H3. The van der Waals surface area contributed by atoms with Gasteiger partial charge in [-0.05, 0) is 6.07 Å². The summed E-state index contributed by atoms with van der Waals surface area (Å²) < 4.78 is 6.31. The van der Waals surface area contributed by atoms with Crippen LogP contribution in [0, 0.1) is 21.4 Å². The monoisotopic (exact) mass is 285 g/mol. The molecule has 7 nitrogen and oxygen atoms in total. The highest BCUT2D eigenvalue weighted by Crippen LogP contribution is 2.19. The average molecular weight is 285 g/mol. The summed E-state index contributed by atoms with van der Waals surface area (Å²) in [4.78, 5) is 22.3. The molecule has 0 bridgehead atoms. The Balaban J connectivity index is 2.54.